The van der Waals surface area contributed by atoms with Crippen molar-refractivity contribution in [2.45, 2.75) is 18.9 Å². The van der Waals surface area contributed by atoms with Crippen LogP contribution in [0.2, 0.25) is 0 Å². The lowest BCUT2D eigenvalue weighted by atomic mass is 9.84. The highest BCUT2D eigenvalue weighted by Crippen LogP contribution is 2.39. The molecule has 0 radical (unpaired) electrons. The standard InChI is InChI=1S/C20H22N4O2S.CH2O2/c1-26-16-3-2-14-18(17(16)13-6-9-27-11-13)19(23-22-14)20(25)21-15-10-24-7-4-12(15)5-8-24;2-1-3/h2-3,6,9,11-12,15H,4-5,7-8,10H2,1H3,(H,21,25)(H,22,23);1H,(H,2,3)/t15-;/m1./s1. The molecule has 3 aromatic rings. The summed E-state index contributed by atoms with van der Waals surface area (Å²) in [5.41, 5.74) is 3.25. The van der Waals surface area contributed by atoms with Crippen LogP contribution < -0.4 is 10.1 Å². The number of carbonyl (C=O) groups excluding carboxylic acids is 1. The van der Waals surface area contributed by atoms with Gasteiger partial charge < -0.3 is 20.1 Å². The van der Waals surface area contributed by atoms with E-state index < -0.39 is 0 Å². The van der Waals surface area contributed by atoms with Crippen LogP contribution in [0.5, 0.6) is 5.75 Å². The van der Waals surface area contributed by atoms with Crippen LogP contribution in [0.3, 0.4) is 0 Å². The van der Waals surface area contributed by atoms with E-state index in [1.807, 2.05) is 23.6 Å². The van der Waals surface area contributed by atoms with Gasteiger partial charge in [-0.2, -0.15) is 16.4 Å². The van der Waals surface area contributed by atoms with E-state index in [4.69, 9.17) is 14.6 Å². The predicted molar refractivity (Wildman–Crippen MR) is 115 cm³/mol. The molecular weight excluding hydrogens is 404 g/mol. The van der Waals surface area contributed by atoms with Gasteiger partial charge >= 0.3 is 0 Å². The summed E-state index contributed by atoms with van der Waals surface area (Å²) in [6.45, 7) is 3.00. The Morgan fingerprint density at radius 2 is 2.13 bits per heavy atom. The van der Waals surface area contributed by atoms with E-state index in [-0.39, 0.29) is 18.4 Å². The van der Waals surface area contributed by atoms with Crippen molar-refractivity contribution in [3.05, 3.63) is 34.7 Å². The molecular formula is C21H24N4O4S. The summed E-state index contributed by atoms with van der Waals surface area (Å²) in [7, 11) is 1.66. The molecule has 5 heterocycles. The van der Waals surface area contributed by atoms with Gasteiger partial charge in [0.05, 0.1) is 12.6 Å². The van der Waals surface area contributed by atoms with Crippen LogP contribution in [0.25, 0.3) is 22.0 Å². The number of thiophene rings is 1. The topological polar surface area (TPSA) is 108 Å². The molecule has 3 saturated heterocycles. The number of nitrogens with one attached hydrogen (secondary N) is 2. The lowest BCUT2D eigenvalue weighted by Crippen LogP contribution is -2.57. The largest absolute Gasteiger partial charge is 0.496 e. The molecule has 3 N–H and O–H groups in total. The molecule has 0 aliphatic carbocycles. The van der Waals surface area contributed by atoms with Gasteiger partial charge in [0.2, 0.25) is 0 Å². The number of nitrogens with zero attached hydrogens (tertiary/aromatic N) is 2. The molecule has 2 bridgehead atoms. The summed E-state index contributed by atoms with van der Waals surface area (Å²) in [6.07, 6.45) is 2.33. The van der Waals surface area contributed by atoms with Crippen LogP contribution in [0.1, 0.15) is 23.3 Å². The van der Waals surface area contributed by atoms with E-state index in [2.05, 4.69) is 25.8 Å². The number of hydrogen-bond donors (Lipinski definition) is 3. The summed E-state index contributed by atoms with van der Waals surface area (Å²) in [4.78, 5) is 23.9. The molecule has 6 rings (SSSR count). The molecule has 8 nitrogen and oxygen atoms in total. The van der Waals surface area contributed by atoms with Gasteiger partial charge in [-0.15, -0.1) is 0 Å². The maximum Gasteiger partial charge on any atom is 0.290 e. The number of carbonyl (C=O) groups is 2. The minimum absolute atomic E-state index is 0.107. The first-order valence-electron chi connectivity index (χ1n) is 9.85. The maximum absolute atomic E-state index is 13.1. The van der Waals surface area contributed by atoms with Crippen LogP contribution in [0.15, 0.2) is 29.0 Å². The van der Waals surface area contributed by atoms with E-state index in [1.165, 1.54) is 12.8 Å². The number of methoxy groups -OCH3 is 1. The first kappa shape index (κ1) is 20.4. The van der Waals surface area contributed by atoms with Crippen molar-refractivity contribution >= 4 is 34.6 Å². The fourth-order valence-corrected chi connectivity index (χ4v) is 5.13. The zero-order valence-corrected chi connectivity index (χ0v) is 17.4. The number of ether oxygens (including phenoxy) is 1. The molecule has 1 aromatic carbocycles. The lowest BCUT2D eigenvalue weighted by Gasteiger charge is -2.44. The average molecular weight is 429 g/mol. The highest BCUT2D eigenvalue weighted by atomic mass is 32.1. The second-order valence-corrected chi connectivity index (χ2v) is 8.25. The number of aromatic nitrogens is 2. The SMILES string of the molecule is COc1ccc2[nH]nc(C(=O)N[C@@H]3CN4CCC3CC4)c2c1-c1ccsc1.O=CO. The third-order valence-corrected chi connectivity index (χ3v) is 6.59. The summed E-state index contributed by atoms with van der Waals surface area (Å²) in [5.74, 6) is 1.22. The Morgan fingerprint density at radius 1 is 1.37 bits per heavy atom. The minimum Gasteiger partial charge on any atom is -0.496 e. The number of piperidine rings is 3. The summed E-state index contributed by atoms with van der Waals surface area (Å²) in [6, 6.07) is 6.09. The van der Waals surface area contributed by atoms with Crippen LogP contribution in [-0.4, -0.2) is 65.4 Å². The average Bonchev–Trinajstić information content (AvgIpc) is 3.44. The predicted octanol–water partition coefficient (Wildman–Crippen LogP) is 2.82. The van der Waals surface area contributed by atoms with Gasteiger partial charge in [-0.05, 0) is 66.4 Å². The molecule has 158 valence electrons. The number of benzene rings is 1. The molecule has 0 unspecified atom stereocenters. The first-order chi connectivity index (χ1) is 14.7. The van der Waals surface area contributed by atoms with Crippen molar-refractivity contribution in [1.82, 2.24) is 20.4 Å². The Bertz CT molecular complexity index is 1030. The van der Waals surface area contributed by atoms with Crippen molar-refractivity contribution in [2.75, 3.05) is 26.7 Å². The van der Waals surface area contributed by atoms with Crippen LogP contribution in [-0.2, 0) is 4.79 Å². The number of rotatable bonds is 4. The molecule has 3 aliphatic heterocycles. The Balaban J connectivity index is 0.000000687. The number of amides is 1. The van der Waals surface area contributed by atoms with Gasteiger partial charge in [0.1, 0.15) is 5.75 Å². The third kappa shape index (κ3) is 3.78. The van der Waals surface area contributed by atoms with Gasteiger partial charge in [0.15, 0.2) is 5.69 Å². The van der Waals surface area contributed by atoms with E-state index in [1.54, 1.807) is 18.4 Å². The van der Waals surface area contributed by atoms with Crippen LogP contribution in [0, 0.1) is 5.92 Å². The smallest absolute Gasteiger partial charge is 0.290 e. The van der Waals surface area contributed by atoms with Gasteiger partial charge in [0, 0.05) is 23.5 Å². The van der Waals surface area contributed by atoms with E-state index in [0.29, 0.717) is 11.6 Å². The molecule has 30 heavy (non-hydrogen) atoms. The fourth-order valence-electron chi connectivity index (χ4n) is 4.49. The number of H-pyrrole nitrogens is 1. The molecule has 1 atom stereocenters. The molecule has 1 amide bonds. The third-order valence-electron chi connectivity index (χ3n) is 5.91. The fraction of sp³-hybridized carbons (Fsp3) is 0.381. The van der Waals surface area contributed by atoms with E-state index >= 15 is 0 Å². The monoisotopic (exact) mass is 428 g/mol. The minimum atomic E-state index is -0.250. The summed E-state index contributed by atoms with van der Waals surface area (Å²) < 4.78 is 5.60. The quantitative estimate of drug-likeness (QED) is 0.552. The van der Waals surface area contributed by atoms with Crippen molar-refractivity contribution in [1.29, 1.82) is 0 Å². The Labute approximate surface area is 177 Å². The number of carboxylic acid groups (broad SMARTS) is 1. The van der Waals surface area contributed by atoms with E-state index in [0.717, 1.165) is 47.4 Å². The lowest BCUT2D eigenvalue weighted by molar-refractivity contribution is -0.122. The number of hydrogen-bond acceptors (Lipinski definition) is 6. The molecule has 0 spiro atoms. The highest BCUT2D eigenvalue weighted by Gasteiger charge is 2.35. The van der Waals surface area contributed by atoms with Crippen molar-refractivity contribution in [3.63, 3.8) is 0 Å². The maximum atomic E-state index is 13.1. The second-order valence-electron chi connectivity index (χ2n) is 7.47. The number of fused-ring (bicyclic) bond motifs is 4. The normalized spacial score (nSPS) is 22.2. The van der Waals surface area contributed by atoms with Gasteiger partial charge in [-0.3, -0.25) is 14.7 Å². The van der Waals surface area contributed by atoms with Gasteiger partial charge in [-0.25, -0.2) is 0 Å². The summed E-state index contributed by atoms with van der Waals surface area (Å²) in [5, 5.41) is 22.5. The molecule has 2 aromatic heterocycles. The second kappa shape index (κ2) is 8.85. The van der Waals surface area contributed by atoms with Crippen molar-refractivity contribution in [2.24, 2.45) is 5.92 Å². The Morgan fingerprint density at radius 3 is 2.73 bits per heavy atom. The Kier molecular flexibility index (Phi) is 6.01. The van der Waals surface area contributed by atoms with Crippen molar-refractivity contribution < 1.29 is 19.4 Å². The highest BCUT2D eigenvalue weighted by molar-refractivity contribution is 7.08. The summed E-state index contributed by atoms with van der Waals surface area (Å²) >= 11 is 1.62. The zero-order valence-electron chi connectivity index (χ0n) is 16.6. The van der Waals surface area contributed by atoms with Gasteiger partial charge in [0.25, 0.3) is 12.4 Å². The Hall–Kier alpha value is -2.91. The molecule has 9 heteroatoms. The number of aromatic amines is 1. The first-order valence-corrected chi connectivity index (χ1v) is 10.8. The van der Waals surface area contributed by atoms with Crippen LogP contribution in [0.4, 0.5) is 0 Å². The van der Waals surface area contributed by atoms with Crippen molar-refractivity contribution in [3.8, 4) is 16.9 Å². The van der Waals surface area contributed by atoms with Gasteiger partial charge in [-0.1, -0.05) is 0 Å². The zero-order chi connectivity index (χ0) is 21.1. The molecule has 0 saturated carbocycles. The van der Waals surface area contributed by atoms with Crippen LogP contribution >= 0.6 is 11.3 Å². The van der Waals surface area contributed by atoms with E-state index in [9.17, 15) is 4.79 Å². The molecule has 3 fully saturated rings. The molecule has 3 aliphatic rings.